The van der Waals surface area contributed by atoms with Crippen molar-refractivity contribution in [3.05, 3.63) is 101 Å². The van der Waals surface area contributed by atoms with Gasteiger partial charge in [0, 0.05) is 36.1 Å². The number of anilines is 2. The van der Waals surface area contributed by atoms with Crippen molar-refractivity contribution in [1.82, 2.24) is 14.9 Å². The van der Waals surface area contributed by atoms with E-state index in [0.717, 1.165) is 45.3 Å². The Bertz CT molecular complexity index is 1540. The SMILES string of the molecule is COCC(=O)Nc1ccc(N2C(=S)N[C@H](c3ccccn3)[C@@H]2c2cc(C)n(-c3ccccc3O)c2C)cc1C. The van der Waals surface area contributed by atoms with Gasteiger partial charge < -0.3 is 29.9 Å². The van der Waals surface area contributed by atoms with Crippen LogP contribution in [0.25, 0.3) is 5.69 Å². The first kappa shape index (κ1) is 26.4. The predicted octanol–water partition coefficient (Wildman–Crippen LogP) is 5.27. The number of aromatic hydroxyl groups is 1. The van der Waals surface area contributed by atoms with E-state index in [1.807, 2.05) is 68.4 Å². The number of carbonyl (C=O) groups excluding carboxylic acids is 1. The molecular weight excluding hydrogens is 510 g/mol. The molecule has 0 aliphatic carbocycles. The number of methoxy groups -OCH3 is 1. The van der Waals surface area contributed by atoms with Gasteiger partial charge in [-0.3, -0.25) is 9.78 Å². The van der Waals surface area contributed by atoms with Crippen LogP contribution >= 0.6 is 12.2 Å². The number of nitrogens with zero attached hydrogens (tertiary/aromatic N) is 3. The lowest BCUT2D eigenvalue weighted by Crippen LogP contribution is -2.29. The minimum atomic E-state index is -0.216. The van der Waals surface area contributed by atoms with Gasteiger partial charge in [-0.15, -0.1) is 0 Å². The van der Waals surface area contributed by atoms with Gasteiger partial charge >= 0.3 is 0 Å². The molecule has 9 heteroatoms. The van der Waals surface area contributed by atoms with E-state index in [1.165, 1.54) is 7.11 Å². The molecule has 4 aromatic rings. The van der Waals surface area contributed by atoms with Crippen molar-refractivity contribution < 1.29 is 14.6 Å². The second-order valence-electron chi connectivity index (χ2n) is 9.63. The number of carbonyl (C=O) groups is 1. The highest BCUT2D eigenvalue weighted by molar-refractivity contribution is 7.80. The van der Waals surface area contributed by atoms with Gasteiger partial charge in [-0.05, 0) is 92.6 Å². The van der Waals surface area contributed by atoms with E-state index in [1.54, 1.807) is 12.3 Å². The zero-order valence-electron chi connectivity index (χ0n) is 22.3. The molecule has 1 amide bonds. The van der Waals surface area contributed by atoms with Gasteiger partial charge in [-0.1, -0.05) is 18.2 Å². The Kier molecular flexibility index (Phi) is 7.36. The van der Waals surface area contributed by atoms with Crippen LogP contribution in [0, 0.1) is 20.8 Å². The molecule has 1 aliphatic rings. The van der Waals surface area contributed by atoms with E-state index in [4.69, 9.17) is 17.0 Å². The monoisotopic (exact) mass is 541 g/mol. The first-order valence-electron chi connectivity index (χ1n) is 12.7. The third-order valence-corrected chi connectivity index (χ3v) is 7.36. The standard InChI is InChI=1S/C30H31N5O3S/c1-18-15-21(12-13-23(18)32-27(37)17-38-4)35-29(28(33-30(35)39)24-9-7-8-14-31-24)22-16-19(2)34(20(22)3)25-10-5-6-11-26(25)36/h5-16,28-29,36H,17H2,1-4H3,(H,32,37)(H,33,39)/t28-,29+/m1/s1. The van der Waals surface area contributed by atoms with Crippen LogP contribution in [0.4, 0.5) is 11.4 Å². The summed E-state index contributed by atoms with van der Waals surface area (Å²) in [6, 6.07) is 20.8. The van der Waals surface area contributed by atoms with Crippen LogP contribution in [0.2, 0.25) is 0 Å². The van der Waals surface area contributed by atoms with Crippen molar-refractivity contribution in [1.29, 1.82) is 0 Å². The molecule has 0 radical (unpaired) electrons. The molecule has 2 aromatic carbocycles. The predicted molar refractivity (Wildman–Crippen MR) is 157 cm³/mol. The highest BCUT2D eigenvalue weighted by atomic mass is 32.1. The maximum Gasteiger partial charge on any atom is 0.250 e. The fourth-order valence-electron chi connectivity index (χ4n) is 5.32. The average molecular weight is 542 g/mol. The number of amides is 1. The van der Waals surface area contributed by atoms with Gasteiger partial charge in [-0.25, -0.2) is 0 Å². The van der Waals surface area contributed by atoms with Crippen LogP contribution < -0.4 is 15.5 Å². The van der Waals surface area contributed by atoms with Crippen LogP contribution in [0.1, 0.15) is 40.3 Å². The molecule has 1 fully saturated rings. The number of ether oxygens (including phenoxy) is 1. The van der Waals surface area contributed by atoms with E-state index < -0.39 is 0 Å². The summed E-state index contributed by atoms with van der Waals surface area (Å²) in [6.07, 6.45) is 1.78. The van der Waals surface area contributed by atoms with E-state index in [2.05, 4.69) is 38.1 Å². The Morgan fingerprint density at radius 1 is 1.10 bits per heavy atom. The first-order chi connectivity index (χ1) is 18.8. The van der Waals surface area contributed by atoms with Gasteiger partial charge in [-0.2, -0.15) is 0 Å². The number of para-hydroxylation sites is 2. The first-order valence-corrected chi connectivity index (χ1v) is 13.1. The molecule has 0 unspecified atom stereocenters. The number of pyridine rings is 1. The Morgan fingerprint density at radius 2 is 1.87 bits per heavy atom. The van der Waals surface area contributed by atoms with Gasteiger partial charge in [0.2, 0.25) is 5.91 Å². The number of phenols is 1. The lowest BCUT2D eigenvalue weighted by Gasteiger charge is -2.29. The molecule has 3 N–H and O–H groups in total. The zero-order valence-corrected chi connectivity index (χ0v) is 23.1. The minimum absolute atomic E-state index is 0.0122. The molecule has 39 heavy (non-hydrogen) atoms. The Hall–Kier alpha value is -4.21. The average Bonchev–Trinajstić information content (AvgIpc) is 3.41. The zero-order chi connectivity index (χ0) is 27.7. The Morgan fingerprint density at radius 3 is 2.56 bits per heavy atom. The van der Waals surface area contributed by atoms with Crippen molar-refractivity contribution in [2.45, 2.75) is 32.9 Å². The van der Waals surface area contributed by atoms with Crippen molar-refractivity contribution in [2.24, 2.45) is 0 Å². The molecular formula is C30H31N5O3S. The Balaban J connectivity index is 1.62. The van der Waals surface area contributed by atoms with Gasteiger partial charge in [0.1, 0.15) is 12.4 Å². The lowest BCUT2D eigenvalue weighted by atomic mass is 9.96. The second kappa shape index (κ2) is 10.9. The highest BCUT2D eigenvalue weighted by Gasteiger charge is 2.42. The quantitative estimate of drug-likeness (QED) is 0.275. The summed E-state index contributed by atoms with van der Waals surface area (Å²) in [5.41, 5.74) is 7.17. The highest BCUT2D eigenvalue weighted by Crippen LogP contribution is 2.44. The molecule has 0 bridgehead atoms. The topological polar surface area (TPSA) is 91.7 Å². The summed E-state index contributed by atoms with van der Waals surface area (Å²) < 4.78 is 7.01. The maximum absolute atomic E-state index is 12.1. The molecule has 0 spiro atoms. The molecule has 8 nitrogen and oxygen atoms in total. The number of aromatic nitrogens is 2. The molecule has 2 aromatic heterocycles. The summed E-state index contributed by atoms with van der Waals surface area (Å²) in [5, 5.41) is 17.6. The van der Waals surface area contributed by atoms with Crippen molar-refractivity contribution in [2.75, 3.05) is 23.9 Å². The van der Waals surface area contributed by atoms with Crippen LogP contribution in [-0.4, -0.2) is 39.4 Å². The summed E-state index contributed by atoms with van der Waals surface area (Å²) >= 11 is 5.91. The van der Waals surface area contributed by atoms with Crippen LogP contribution in [0.3, 0.4) is 0 Å². The van der Waals surface area contributed by atoms with Crippen LogP contribution in [-0.2, 0) is 9.53 Å². The molecule has 3 heterocycles. The molecule has 1 saturated heterocycles. The maximum atomic E-state index is 12.1. The third kappa shape index (κ3) is 4.98. The largest absolute Gasteiger partial charge is 0.506 e. The van der Waals surface area contributed by atoms with E-state index in [0.29, 0.717) is 5.11 Å². The number of nitrogens with one attached hydrogen (secondary N) is 2. The van der Waals surface area contributed by atoms with Gasteiger partial charge in [0.15, 0.2) is 5.11 Å². The molecule has 5 rings (SSSR count). The fourth-order valence-corrected chi connectivity index (χ4v) is 5.66. The molecule has 200 valence electrons. The number of thiocarbonyl (C=S) groups is 1. The number of rotatable bonds is 7. The van der Waals surface area contributed by atoms with E-state index >= 15 is 0 Å². The smallest absolute Gasteiger partial charge is 0.250 e. The number of benzene rings is 2. The van der Waals surface area contributed by atoms with Crippen molar-refractivity contribution in [3.63, 3.8) is 0 Å². The van der Waals surface area contributed by atoms with Crippen LogP contribution in [0.5, 0.6) is 5.75 Å². The fraction of sp³-hybridized carbons (Fsp3) is 0.233. The number of phenolic OH excluding ortho intramolecular Hbond substituents is 1. The van der Waals surface area contributed by atoms with Crippen LogP contribution in [0.15, 0.2) is 72.9 Å². The van der Waals surface area contributed by atoms with E-state index in [-0.39, 0.29) is 30.3 Å². The number of hydrogen-bond donors (Lipinski definition) is 3. The second-order valence-corrected chi connectivity index (χ2v) is 10.0. The van der Waals surface area contributed by atoms with E-state index in [9.17, 15) is 9.90 Å². The number of aryl methyl sites for hydroxylation is 2. The van der Waals surface area contributed by atoms with Gasteiger partial charge in [0.05, 0.1) is 23.5 Å². The lowest BCUT2D eigenvalue weighted by molar-refractivity contribution is -0.119. The normalized spacial score (nSPS) is 16.8. The van der Waals surface area contributed by atoms with Gasteiger partial charge in [0.25, 0.3) is 0 Å². The molecule has 0 saturated carbocycles. The molecule has 2 atom stereocenters. The minimum Gasteiger partial charge on any atom is -0.506 e. The summed E-state index contributed by atoms with van der Waals surface area (Å²) in [6.45, 7) is 6.03. The summed E-state index contributed by atoms with van der Waals surface area (Å²) in [7, 11) is 1.49. The summed E-state index contributed by atoms with van der Waals surface area (Å²) in [5.74, 6) is 0.00203. The molecule has 1 aliphatic heterocycles. The third-order valence-electron chi connectivity index (χ3n) is 7.05. The number of hydrogen-bond acceptors (Lipinski definition) is 5. The van der Waals surface area contributed by atoms with Crippen molar-refractivity contribution in [3.8, 4) is 11.4 Å². The Labute approximate surface area is 233 Å². The summed E-state index contributed by atoms with van der Waals surface area (Å²) in [4.78, 5) is 18.9. The van der Waals surface area contributed by atoms with Crippen molar-refractivity contribution >= 4 is 34.6 Å².